The average Bonchev–Trinajstić information content (AvgIpc) is 3.10. The fourth-order valence-electron chi connectivity index (χ4n) is 2.99. The summed E-state index contributed by atoms with van der Waals surface area (Å²) in [5.41, 5.74) is 1.59. The van der Waals surface area contributed by atoms with Crippen molar-refractivity contribution in [1.29, 1.82) is 0 Å². The maximum absolute atomic E-state index is 12.5. The van der Waals surface area contributed by atoms with Gasteiger partial charge in [0.05, 0.1) is 31.3 Å². The highest BCUT2D eigenvalue weighted by Gasteiger charge is 2.27. The number of piperidine rings is 1. The van der Waals surface area contributed by atoms with E-state index in [1.807, 2.05) is 24.3 Å². The molecular weight excluding hydrogens is 322 g/mol. The Balaban J connectivity index is 1.60. The molecule has 2 aromatic rings. The minimum absolute atomic E-state index is 0.0928. The Morgan fingerprint density at radius 3 is 2.52 bits per heavy atom. The molecule has 1 aromatic carbocycles. The normalized spacial score (nSPS) is 15.2. The molecule has 25 heavy (non-hydrogen) atoms. The van der Waals surface area contributed by atoms with Crippen LogP contribution in [0, 0.1) is 5.92 Å². The number of carbonyl (C=O) groups is 2. The number of carboxylic acids is 1. The third-order valence-corrected chi connectivity index (χ3v) is 4.52. The van der Waals surface area contributed by atoms with Crippen LogP contribution in [0.25, 0.3) is 0 Å². The van der Waals surface area contributed by atoms with Gasteiger partial charge in [0.2, 0.25) is 0 Å². The van der Waals surface area contributed by atoms with Gasteiger partial charge in [-0.25, -0.2) is 0 Å². The van der Waals surface area contributed by atoms with Crippen LogP contribution < -0.4 is 4.74 Å². The Labute approximate surface area is 145 Å². The highest BCUT2D eigenvalue weighted by atomic mass is 16.5. The Kier molecular flexibility index (Phi) is 5.02. The molecule has 0 spiro atoms. The van der Waals surface area contributed by atoms with Crippen molar-refractivity contribution >= 4 is 11.9 Å². The van der Waals surface area contributed by atoms with E-state index < -0.39 is 5.97 Å². The smallest absolute Gasteiger partial charge is 0.306 e. The first kappa shape index (κ1) is 17.0. The number of ether oxygens (including phenoxy) is 1. The zero-order valence-corrected chi connectivity index (χ0v) is 14.1. The number of hydrogen-bond donors (Lipinski definition) is 1. The van der Waals surface area contributed by atoms with E-state index in [2.05, 4.69) is 5.10 Å². The van der Waals surface area contributed by atoms with Crippen LogP contribution in [0.4, 0.5) is 0 Å². The number of aromatic nitrogens is 2. The minimum atomic E-state index is -0.778. The van der Waals surface area contributed by atoms with Gasteiger partial charge < -0.3 is 14.7 Å². The van der Waals surface area contributed by atoms with E-state index in [0.29, 0.717) is 38.0 Å². The van der Waals surface area contributed by atoms with Crippen LogP contribution in [-0.4, -0.2) is 51.9 Å². The summed E-state index contributed by atoms with van der Waals surface area (Å²) in [5.74, 6) is -0.420. The first-order chi connectivity index (χ1) is 12.1. The highest BCUT2D eigenvalue weighted by Crippen LogP contribution is 2.19. The van der Waals surface area contributed by atoms with Crippen LogP contribution >= 0.6 is 0 Å². The molecule has 0 radical (unpaired) electrons. The molecule has 7 heteroatoms. The van der Waals surface area contributed by atoms with Crippen LogP contribution in [0.1, 0.15) is 28.8 Å². The van der Waals surface area contributed by atoms with Gasteiger partial charge in [0.25, 0.3) is 5.91 Å². The summed E-state index contributed by atoms with van der Waals surface area (Å²) in [4.78, 5) is 25.2. The molecule has 1 aromatic heterocycles. The van der Waals surface area contributed by atoms with Crippen LogP contribution in [0.2, 0.25) is 0 Å². The maximum atomic E-state index is 12.5. The first-order valence-corrected chi connectivity index (χ1v) is 8.24. The fraction of sp³-hybridized carbons (Fsp3) is 0.389. The molecule has 1 fully saturated rings. The summed E-state index contributed by atoms with van der Waals surface area (Å²) < 4.78 is 6.86. The highest BCUT2D eigenvalue weighted by molar-refractivity contribution is 5.93. The lowest BCUT2D eigenvalue weighted by Gasteiger charge is -2.29. The fourth-order valence-corrected chi connectivity index (χ4v) is 2.99. The summed E-state index contributed by atoms with van der Waals surface area (Å²) in [5, 5.41) is 13.3. The van der Waals surface area contributed by atoms with E-state index in [-0.39, 0.29) is 11.8 Å². The second-order valence-electron chi connectivity index (χ2n) is 6.18. The van der Waals surface area contributed by atoms with Gasteiger partial charge in [0, 0.05) is 19.3 Å². The second-order valence-corrected chi connectivity index (χ2v) is 6.18. The molecule has 1 N–H and O–H groups in total. The summed E-state index contributed by atoms with van der Waals surface area (Å²) in [6.07, 6.45) is 4.30. The van der Waals surface area contributed by atoms with Gasteiger partial charge in [0.1, 0.15) is 5.75 Å². The summed E-state index contributed by atoms with van der Waals surface area (Å²) >= 11 is 0. The standard InChI is InChI=1S/C18H21N3O4/c1-25-16-4-2-13(3-5-16)11-21-12-15(10-19-21)17(22)20-8-6-14(7-9-20)18(23)24/h2-5,10,12,14H,6-9,11H2,1H3,(H,23,24). The first-order valence-electron chi connectivity index (χ1n) is 8.24. The van der Waals surface area contributed by atoms with Gasteiger partial charge in [-0.05, 0) is 30.5 Å². The lowest BCUT2D eigenvalue weighted by molar-refractivity contribution is -0.143. The van der Waals surface area contributed by atoms with Gasteiger partial charge in [-0.15, -0.1) is 0 Å². The Morgan fingerprint density at radius 2 is 1.92 bits per heavy atom. The number of benzene rings is 1. The maximum Gasteiger partial charge on any atom is 0.306 e. The van der Waals surface area contributed by atoms with Crippen molar-refractivity contribution < 1.29 is 19.4 Å². The quantitative estimate of drug-likeness (QED) is 0.896. The molecular formula is C18H21N3O4. The monoisotopic (exact) mass is 343 g/mol. The predicted molar refractivity (Wildman–Crippen MR) is 90.6 cm³/mol. The SMILES string of the molecule is COc1ccc(Cn2cc(C(=O)N3CCC(C(=O)O)CC3)cn2)cc1. The van der Waals surface area contributed by atoms with Crippen molar-refractivity contribution in [2.45, 2.75) is 19.4 Å². The molecule has 0 aliphatic carbocycles. The zero-order valence-electron chi connectivity index (χ0n) is 14.1. The minimum Gasteiger partial charge on any atom is -0.497 e. The van der Waals surface area contributed by atoms with Gasteiger partial charge in [-0.2, -0.15) is 5.10 Å². The number of hydrogen-bond acceptors (Lipinski definition) is 4. The summed E-state index contributed by atoms with van der Waals surface area (Å²) in [7, 11) is 1.62. The molecule has 0 unspecified atom stereocenters. The van der Waals surface area contributed by atoms with E-state index in [9.17, 15) is 9.59 Å². The van der Waals surface area contributed by atoms with Gasteiger partial charge in [-0.3, -0.25) is 14.3 Å². The third kappa shape index (κ3) is 3.99. The van der Waals surface area contributed by atoms with Crippen LogP contribution in [-0.2, 0) is 11.3 Å². The molecule has 0 atom stereocenters. The molecule has 1 saturated heterocycles. The number of nitrogens with zero attached hydrogens (tertiary/aromatic N) is 3. The lowest BCUT2D eigenvalue weighted by atomic mass is 9.97. The Morgan fingerprint density at radius 1 is 1.24 bits per heavy atom. The number of carbonyl (C=O) groups excluding carboxylic acids is 1. The van der Waals surface area contributed by atoms with Crippen LogP contribution in [0.5, 0.6) is 5.75 Å². The van der Waals surface area contributed by atoms with E-state index in [1.165, 1.54) is 0 Å². The predicted octanol–water partition coefficient (Wildman–Crippen LogP) is 1.88. The van der Waals surface area contributed by atoms with Crippen molar-refractivity contribution in [1.82, 2.24) is 14.7 Å². The molecule has 2 heterocycles. The molecule has 0 saturated carbocycles. The van der Waals surface area contributed by atoms with Crippen molar-refractivity contribution in [2.24, 2.45) is 5.92 Å². The molecule has 132 valence electrons. The molecule has 3 rings (SSSR count). The Bertz CT molecular complexity index is 746. The number of carboxylic acid groups (broad SMARTS) is 1. The number of aliphatic carboxylic acids is 1. The summed E-state index contributed by atoms with van der Waals surface area (Å²) in [6, 6.07) is 7.69. The number of amides is 1. The van der Waals surface area contributed by atoms with Crippen molar-refractivity contribution in [3.05, 3.63) is 47.8 Å². The lowest BCUT2D eigenvalue weighted by Crippen LogP contribution is -2.40. The van der Waals surface area contributed by atoms with E-state index in [4.69, 9.17) is 9.84 Å². The second kappa shape index (κ2) is 7.38. The number of methoxy groups -OCH3 is 1. The van der Waals surface area contributed by atoms with Crippen molar-refractivity contribution in [2.75, 3.05) is 20.2 Å². The Hall–Kier alpha value is -2.83. The van der Waals surface area contributed by atoms with E-state index >= 15 is 0 Å². The molecule has 0 bridgehead atoms. The van der Waals surface area contributed by atoms with Crippen LogP contribution in [0.15, 0.2) is 36.7 Å². The van der Waals surface area contributed by atoms with Crippen LogP contribution in [0.3, 0.4) is 0 Å². The third-order valence-electron chi connectivity index (χ3n) is 4.52. The van der Waals surface area contributed by atoms with Crippen molar-refractivity contribution in [3.8, 4) is 5.75 Å². The van der Waals surface area contributed by atoms with Gasteiger partial charge in [0.15, 0.2) is 0 Å². The molecule has 7 nitrogen and oxygen atoms in total. The molecule has 1 amide bonds. The van der Waals surface area contributed by atoms with Gasteiger partial charge >= 0.3 is 5.97 Å². The van der Waals surface area contributed by atoms with E-state index in [1.54, 1.807) is 29.1 Å². The molecule has 1 aliphatic rings. The van der Waals surface area contributed by atoms with E-state index in [0.717, 1.165) is 11.3 Å². The zero-order chi connectivity index (χ0) is 17.8. The number of rotatable bonds is 5. The summed E-state index contributed by atoms with van der Waals surface area (Å²) in [6.45, 7) is 1.51. The van der Waals surface area contributed by atoms with Gasteiger partial charge in [-0.1, -0.05) is 12.1 Å². The number of likely N-dealkylation sites (tertiary alicyclic amines) is 1. The topological polar surface area (TPSA) is 84.7 Å². The molecule has 1 aliphatic heterocycles. The average molecular weight is 343 g/mol. The largest absolute Gasteiger partial charge is 0.497 e. The van der Waals surface area contributed by atoms with Crippen molar-refractivity contribution in [3.63, 3.8) is 0 Å².